The first-order valence-corrected chi connectivity index (χ1v) is 6.04. The Labute approximate surface area is 95.2 Å². The molecule has 0 aromatic carbocycles. The summed E-state index contributed by atoms with van der Waals surface area (Å²) in [6.07, 6.45) is 9.10. The number of aryl methyl sites for hydroxylation is 1. The van der Waals surface area contributed by atoms with Gasteiger partial charge in [-0.1, -0.05) is 12.8 Å². The molecule has 4 nitrogen and oxygen atoms in total. The maximum atomic E-state index is 9.95. The minimum absolute atomic E-state index is 0.0514. The second-order valence-electron chi connectivity index (χ2n) is 5.15. The molecular weight excluding hydrogens is 204 g/mol. The van der Waals surface area contributed by atoms with E-state index in [1.807, 2.05) is 13.2 Å². The molecule has 1 N–H and O–H groups in total. The molecule has 2 unspecified atom stereocenters. The molecule has 2 aliphatic rings. The second kappa shape index (κ2) is 3.48. The highest BCUT2D eigenvalue weighted by Gasteiger charge is 2.57. The summed E-state index contributed by atoms with van der Waals surface area (Å²) in [6.45, 7) is 0. The number of hydrogen-bond acceptors (Lipinski definition) is 3. The SMILES string of the molecule is Cn1cc(OC2CC(O)C23CCCC3)cn1. The Morgan fingerprint density at radius 3 is 2.81 bits per heavy atom. The molecule has 0 saturated heterocycles. The van der Waals surface area contributed by atoms with Crippen LogP contribution in [0.25, 0.3) is 0 Å². The lowest BCUT2D eigenvalue weighted by molar-refractivity contribution is -0.152. The zero-order valence-corrected chi connectivity index (χ0v) is 9.59. The fourth-order valence-electron chi connectivity index (χ4n) is 3.20. The molecule has 4 heteroatoms. The molecule has 1 spiro atoms. The van der Waals surface area contributed by atoms with Gasteiger partial charge in [0.2, 0.25) is 0 Å². The average Bonchev–Trinajstić information content (AvgIpc) is 2.87. The van der Waals surface area contributed by atoms with E-state index in [1.54, 1.807) is 10.9 Å². The predicted octanol–water partition coefficient (Wildman–Crippen LogP) is 1.49. The van der Waals surface area contributed by atoms with Crippen molar-refractivity contribution in [1.29, 1.82) is 0 Å². The van der Waals surface area contributed by atoms with E-state index in [0.717, 1.165) is 25.0 Å². The number of aliphatic hydroxyl groups is 1. The van der Waals surface area contributed by atoms with E-state index in [9.17, 15) is 5.11 Å². The summed E-state index contributed by atoms with van der Waals surface area (Å²) < 4.78 is 7.68. The molecule has 2 atom stereocenters. The number of aromatic nitrogens is 2. The van der Waals surface area contributed by atoms with Crippen molar-refractivity contribution in [2.75, 3.05) is 0 Å². The molecule has 3 rings (SSSR count). The molecular formula is C12H18N2O2. The Morgan fingerprint density at radius 1 is 1.50 bits per heavy atom. The molecule has 0 bridgehead atoms. The van der Waals surface area contributed by atoms with Crippen molar-refractivity contribution >= 4 is 0 Å². The van der Waals surface area contributed by atoms with Crippen LogP contribution in [0.5, 0.6) is 5.75 Å². The van der Waals surface area contributed by atoms with E-state index in [2.05, 4.69) is 5.10 Å². The van der Waals surface area contributed by atoms with Gasteiger partial charge >= 0.3 is 0 Å². The van der Waals surface area contributed by atoms with E-state index in [4.69, 9.17) is 4.74 Å². The lowest BCUT2D eigenvalue weighted by atomic mass is 9.62. The Kier molecular flexibility index (Phi) is 2.21. The van der Waals surface area contributed by atoms with Gasteiger partial charge < -0.3 is 9.84 Å². The lowest BCUT2D eigenvalue weighted by Crippen LogP contribution is -2.58. The van der Waals surface area contributed by atoms with Gasteiger partial charge in [0.25, 0.3) is 0 Å². The molecule has 0 aliphatic heterocycles. The maximum Gasteiger partial charge on any atom is 0.157 e. The van der Waals surface area contributed by atoms with E-state index >= 15 is 0 Å². The first-order valence-electron chi connectivity index (χ1n) is 6.04. The van der Waals surface area contributed by atoms with Crippen molar-refractivity contribution in [3.63, 3.8) is 0 Å². The average molecular weight is 222 g/mol. The lowest BCUT2D eigenvalue weighted by Gasteiger charge is -2.50. The minimum atomic E-state index is -0.156. The highest BCUT2D eigenvalue weighted by Crippen LogP contribution is 2.54. The van der Waals surface area contributed by atoms with Crippen LogP contribution in [0, 0.1) is 5.41 Å². The van der Waals surface area contributed by atoms with Crippen molar-refractivity contribution in [2.45, 2.75) is 44.3 Å². The van der Waals surface area contributed by atoms with Gasteiger partial charge in [-0.15, -0.1) is 0 Å². The highest BCUT2D eigenvalue weighted by atomic mass is 16.5. The largest absolute Gasteiger partial charge is 0.486 e. The van der Waals surface area contributed by atoms with Crippen LogP contribution in [0.15, 0.2) is 12.4 Å². The second-order valence-corrected chi connectivity index (χ2v) is 5.15. The molecule has 16 heavy (non-hydrogen) atoms. The molecule has 1 aromatic heterocycles. The Morgan fingerprint density at radius 2 is 2.25 bits per heavy atom. The molecule has 0 radical (unpaired) electrons. The van der Waals surface area contributed by atoms with Gasteiger partial charge in [0.15, 0.2) is 5.75 Å². The normalized spacial score (nSPS) is 31.6. The summed E-state index contributed by atoms with van der Waals surface area (Å²) >= 11 is 0. The van der Waals surface area contributed by atoms with Crippen LogP contribution in [0.3, 0.4) is 0 Å². The van der Waals surface area contributed by atoms with Crippen LogP contribution in [0.1, 0.15) is 32.1 Å². The van der Waals surface area contributed by atoms with Gasteiger partial charge in [-0.05, 0) is 12.8 Å². The van der Waals surface area contributed by atoms with E-state index in [-0.39, 0.29) is 17.6 Å². The third-order valence-corrected chi connectivity index (χ3v) is 4.24. The maximum absolute atomic E-state index is 9.95. The van der Waals surface area contributed by atoms with Crippen molar-refractivity contribution in [3.05, 3.63) is 12.4 Å². The van der Waals surface area contributed by atoms with Crippen molar-refractivity contribution in [2.24, 2.45) is 12.5 Å². The molecule has 2 saturated carbocycles. The van der Waals surface area contributed by atoms with E-state index < -0.39 is 0 Å². The highest BCUT2D eigenvalue weighted by molar-refractivity contribution is 5.16. The smallest absolute Gasteiger partial charge is 0.157 e. The standard InChI is InChI=1S/C12H18N2O2/c1-14-8-9(7-13-14)16-11-6-10(15)12(11)4-2-3-5-12/h7-8,10-11,15H,2-6H2,1H3. The van der Waals surface area contributed by atoms with Gasteiger partial charge in [-0.2, -0.15) is 5.10 Å². The summed E-state index contributed by atoms with van der Waals surface area (Å²) in [5.74, 6) is 0.825. The number of rotatable bonds is 2. The number of nitrogens with zero attached hydrogens (tertiary/aromatic N) is 2. The summed E-state index contributed by atoms with van der Waals surface area (Å²) in [4.78, 5) is 0. The Hall–Kier alpha value is -1.03. The molecule has 2 fully saturated rings. The van der Waals surface area contributed by atoms with Crippen LogP contribution in [0.4, 0.5) is 0 Å². The van der Waals surface area contributed by atoms with Crippen LogP contribution in [-0.2, 0) is 7.05 Å². The summed E-state index contributed by atoms with van der Waals surface area (Å²) in [7, 11) is 1.88. The van der Waals surface area contributed by atoms with Crippen LogP contribution in [0.2, 0.25) is 0 Å². The van der Waals surface area contributed by atoms with Gasteiger partial charge in [0.1, 0.15) is 6.10 Å². The molecule has 1 aromatic rings. The van der Waals surface area contributed by atoms with Gasteiger partial charge in [-0.3, -0.25) is 4.68 Å². The van der Waals surface area contributed by atoms with Crippen molar-refractivity contribution in [3.8, 4) is 5.75 Å². The first kappa shape index (κ1) is 10.1. The van der Waals surface area contributed by atoms with Gasteiger partial charge in [-0.25, -0.2) is 0 Å². The predicted molar refractivity (Wildman–Crippen MR) is 59.1 cm³/mol. The summed E-state index contributed by atoms with van der Waals surface area (Å²) in [5.41, 5.74) is 0.0514. The quantitative estimate of drug-likeness (QED) is 0.824. The van der Waals surface area contributed by atoms with E-state index in [0.29, 0.717) is 0 Å². The number of ether oxygens (including phenoxy) is 1. The van der Waals surface area contributed by atoms with Crippen LogP contribution >= 0.6 is 0 Å². The van der Waals surface area contributed by atoms with E-state index in [1.165, 1.54) is 12.8 Å². The van der Waals surface area contributed by atoms with Gasteiger partial charge in [0.05, 0.1) is 18.5 Å². The number of hydrogen-bond donors (Lipinski definition) is 1. The first-order chi connectivity index (χ1) is 7.71. The monoisotopic (exact) mass is 222 g/mol. The molecule has 0 amide bonds. The zero-order chi connectivity index (χ0) is 11.2. The van der Waals surface area contributed by atoms with Crippen LogP contribution < -0.4 is 4.74 Å². The number of aliphatic hydroxyl groups excluding tert-OH is 1. The molecule has 88 valence electrons. The fourth-order valence-corrected chi connectivity index (χ4v) is 3.20. The van der Waals surface area contributed by atoms with Gasteiger partial charge in [0, 0.05) is 18.9 Å². The van der Waals surface area contributed by atoms with Crippen molar-refractivity contribution < 1.29 is 9.84 Å². The third kappa shape index (κ3) is 1.36. The Balaban J connectivity index is 1.72. The Bertz CT molecular complexity index is 382. The summed E-state index contributed by atoms with van der Waals surface area (Å²) in [6, 6.07) is 0. The molecule has 2 aliphatic carbocycles. The minimum Gasteiger partial charge on any atom is -0.486 e. The fraction of sp³-hybridized carbons (Fsp3) is 0.750. The zero-order valence-electron chi connectivity index (χ0n) is 9.59. The van der Waals surface area contributed by atoms with Crippen molar-refractivity contribution in [1.82, 2.24) is 9.78 Å². The topological polar surface area (TPSA) is 47.3 Å². The molecule has 1 heterocycles. The summed E-state index contributed by atoms with van der Waals surface area (Å²) in [5, 5.41) is 14.0. The third-order valence-electron chi connectivity index (χ3n) is 4.24. The van der Waals surface area contributed by atoms with Crippen LogP contribution in [-0.4, -0.2) is 27.1 Å².